The summed E-state index contributed by atoms with van der Waals surface area (Å²) in [6, 6.07) is 14.0. The van der Waals surface area contributed by atoms with Crippen LogP contribution in [0.25, 0.3) is 11.1 Å². The largest absolute Gasteiger partial charge is 0.416 e. The first kappa shape index (κ1) is 15.6. The van der Waals surface area contributed by atoms with Crippen molar-refractivity contribution in [3.8, 4) is 11.1 Å². The Morgan fingerprint density at radius 2 is 1.65 bits per heavy atom. The fourth-order valence-corrected chi connectivity index (χ4v) is 2.74. The molecular weight excluding hydrogens is 307 g/mol. The molecule has 3 rings (SSSR count). The van der Waals surface area contributed by atoms with Crippen molar-refractivity contribution in [1.82, 2.24) is 0 Å². The van der Waals surface area contributed by atoms with Gasteiger partial charge in [0.15, 0.2) is 6.10 Å². The summed E-state index contributed by atoms with van der Waals surface area (Å²) in [5.41, 5.74) is 2.64. The van der Waals surface area contributed by atoms with Gasteiger partial charge in [-0.1, -0.05) is 42.5 Å². The van der Waals surface area contributed by atoms with E-state index < -0.39 is 24.7 Å². The molecule has 0 saturated carbocycles. The van der Waals surface area contributed by atoms with E-state index >= 15 is 0 Å². The lowest BCUT2D eigenvalue weighted by atomic mass is 9.98. The molecule has 1 amide bonds. The second-order valence-electron chi connectivity index (χ2n) is 5.41. The van der Waals surface area contributed by atoms with Crippen molar-refractivity contribution in [2.24, 2.45) is 0 Å². The number of halogens is 3. The molecule has 6 heteroatoms. The monoisotopic (exact) mass is 321 g/mol. The van der Waals surface area contributed by atoms with E-state index in [1.807, 2.05) is 12.1 Å². The molecule has 1 heterocycles. The van der Waals surface area contributed by atoms with Gasteiger partial charge in [0.05, 0.1) is 18.7 Å². The van der Waals surface area contributed by atoms with E-state index in [0.29, 0.717) is 11.3 Å². The van der Waals surface area contributed by atoms with Crippen molar-refractivity contribution in [3.63, 3.8) is 0 Å². The summed E-state index contributed by atoms with van der Waals surface area (Å²) in [4.78, 5) is 13.5. The molecule has 0 fully saturated rings. The Morgan fingerprint density at radius 3 is 2.35 bits per heavy atom. The smallest absolute Gasteiger partial charge is 0.382 e. The van der Waals surface area contributed by atoms with Crippen LogP contribution < -0.4 is 4.90 Å². The number of hydrogen-bond acceptors (Lipinski definition) is 2. The van der Waals surface area contributed by atoms with E-state index in [1.54, 1.807) is 36.4 Å². The highest BCUT2D eigenvalue weighted by Crippen LogP contribution is 2.37. The van der Waals surface area contributed by atoms with Crippen LogP contribution in [0.1, 0.15) is 5.56 Å². The zero-order chi connectivity index (χ0) is 16.6. The maximum Gasteiger partial charge on any atom is 0.416 e. The van der Waals surface area contributed by atoms with Gasteiger partial charge in [0.2, 0.25) is 5.91 Å². The SMILES string of the molecule is O=C1Cc2ccccc2-c2ccccc2N1CC(O)C(F)(F)F. The first-order valence-electron chi connectivity index (χ1n) is 7.10. The minimum Gasteiger partial charge on any atom is -0.382 e. The number of carbonyl (C=O) groups is 1. The van der Waals surface area contributed by atoms with E-state index in [4.69, 9.17) is 0 Å². The number of fused-ring (bicyclic) bond motifs is 3. The molecule has 23 heavy (non-hydrogen) atoms. The molecule has 1 unspecified atom stereocenters. The van der Waals surface area contributed by atoms with E-state index in [1.165, 1.54) is 0 Å². The molecule has 2 aromatic carbocycles. The molecule has 1 aliphatic rings. The van der Waals surface area contributed by atoms with Gasteiger partial charge in [0.1, 0.15) is 0 Å². The Hall–Kier alpha value is -2.34. The number of hydrogen-bond donors (Lipinski definition) is 1. The van der Waals surface area contributed by atoms with Crippen LogP contribution in [-0.2, 0) is 11.2 Å². The van der Waals surface area contributed by atoms with Crippen molar-refractivity contribution >= 4 is 11.6 Å². The molecule has 0 bridgehead atoms. The molecule has 0 aliphatic carbocycles. The van der Waals surface area contributed by atoms with Crippen molar-refractivity contribution < 1.29 is 23.1 Å². The third-order valence-corrected chi connectivity index (χ3v) is 3.88. The maximum atomic E-state index is 12.7. The average molecular weight is 321 g/mol. The molecule has 3 nitrogen and oxygen atoms in total. The molecule has 0 saturated heterocycles. The molecule has 120 valence electrons. The summed E-state index contributed by atoms with van der Waals surface area (Å²) >= 11 is 0. The number of rotatable bonds is 2. The van der Waals surface area contributed by atoms with E-state index in [0.717, 1.165) is 16.0 Å². The normalized spacial score (nSPS) is 15.7. The molecule has 0 spiro atoms. The summed E-state index contributed by atoms with van der Waals surface area (Å²) in [5, 5.41) is 9.37. The van der Waals surface area contributed by atoms with E-state index in [9.17, 15) is 23.1 Å². The van der Waals surface area contributed by atoms with Crippen LogP contribution >= 0.6 is 0 Å². The number of para-hydroxylation sites is 1. The Bertz CT molecular complexity index is 743. The zero-order valence-corrected chi connectivity index (χ0v) is 12.0. The van der Waals surface area contributed by atoms with Gasteiger partial charge in [0.25, 0.3) is 0 Å². The molecule has 1 N–H and O–H groups in total. The lowest BCUT2D eigenvalue weighted by Gasteiger charge is -2.26. The van der Waals surface area contributed by atoms with Gasteiger partial charge in [-0.05, 0) is 17.2 Å². The third kappa shape index (κ3) is 2.94. The zero-order valence-electron chi connectivity index (χ0n) is 12.0. The second kappa shape index (κ2) is 5.70. The van der Waals surface area contributed by atoms with Gasteiger partial charge in [-0.2, -0.15) is 13.2 Å². The number of β-amino-alcohol motifs (C(OH)–C–C–N with tert-alkyl or cyclic N) is 1. The minimum atomic E-state index is -4.77. The number of benzene rings is 2. The van der Waals surface area contributed by atoms with Crippen LogP contribution in [0.4, 0.5) is 18.9 Å². The molecule has 2 aromatic rings. The minimum absolute atomic E-state index is 0.00453. The van der Waals surface area contributed by atoms with Crippen LogP contribution in [0.15, 0.2) is 48.5 Å². The summed E-state index contributed by atoms with van der Waals surface area (Å²) in [6.07, 6.45) is -7.36. The average Bonchev–Trinajstić information content (AvgIpc) is 2.62. The Kier molecular flexibility index (Phi) is 3.85. The van der Waals surface area contributed by atoms with Crippen molar-refractivity contribution in [2.45, 2.75) is 18.7 Å². The topological polar surface area (TPSA) is 40.5 Å². The highest BCUT2D eigenvalue weighted by molar-refractivity contribution is 6.02. The van der Waals surface area contributed by atoms with Crippen molar-refractivity contribution in [2.75, 3.05) is 11.4 Å². The number of carbonyl (C=O) groups excluding carboxylic acids is 1. The van der Waals surface area contributed by atoms with Crippen LogP contribution in [0.2, 0.25) is 0 Å². The van der Waals surface area contributed by atoms with E-state index in [-0.39, 0.29) is 6.42 Å². The van der Waals surface area contributed by atoms with Crippen LogP contribution in [0.5, 0.6) is 0 Å². The lowest BCUT2D eigenvalue weighted by molar-refractivity contribution is -0.200. The summed E-state index contributed by atoms with van der Waals surface area (Å²) in [7, 11) is 0. The highest BCUT2D eigenvalue weighted by atomic mass is 19.4. The highest BCUT2D eigenvalue weighted by Gasteiger charge is 2.41. The molecule has 1 atom stereocenters. The van der Waals surface area contributed by atoms with Gasteiger partial charge in [-0.25, -0.2) is 0 Å². The Morgan fingerprint density at radius 1 is 1.04 bits per heavy atom. The van der Waals surface area contributed by atoms with Gasteiger partial charge in [-0.3, -0.25) is 4.79 Å². The summed E-state index contributed by atoms with van der Waals surface area (Å²) in [6.45, 7) is -0.812. The summed E-state index contributed by atoms with van der Waals surface area (Å²) in [5.74, 6) is -0.467. The number of aliphatic hydroxyl groups excluding tert-OH is 1. The van der Waals surface area contributed by atoms with Gasteiger partial charge < -0.3 is 10.0 Å². The molecule has 0 aromatic heterocycles. The third-order valence-electron chi connectivity index (χ3n) is 3.88. The van der Waals surface area contributed by atoms with Crippen LogP contribution in [0.3, 0.4) is 0 Å². The van der Waals surface area contributed by atoms with Crippen LogP contribution in [-0.4, -0.2) is 29.8 Å². The maximum absolute atomic E-state index is 12.7. The fourth-order valence-electron chi connectivity index (χ4n) is 2.74. The summed E-state index contributed by atoms with van der Waals surface area (Å²) < 4.78 is 38.1. The standard InChI is InChI=1S/C17H14F3NO2/c18-17(19,20)15(22)10-21-14-8-4-3-7-13(14)12-6-2-1-5-11(12)9-16(21)23/h1-8,15,22H,9-10H2. The van der Waals surface area contributed by atoms with Crippen LogP contribution in [0, 0.1) is 0 Å². The predicted octanol–water partition coefficient (Wildman–Crippen LogP) is 3.17. The first-order valence-corrected chi connectivity index (χ1v) is 7.10. The van der Waals surface area contributed by atoms with Gasteiger partial charge in [-0.15, -0.1) is 0 Å². The van der Waals surface area contributed by atoms with Crippen molar-refractivity contribution in [1.29, 1.82) is 0 Å². The predicted molar refractivity (Wildman–Crippen MR) is 80.0 cm³/mol. The Labute approximate surface area is 131 Å². The quantitative estimate of drug-likeness (QED) is 0.923. The number of nitrogens with zero attached hydrogens (tertiary/aromatic N) is 1. The van der Waals surface area contributed by atoms with Crippen molar-refractivity contribution in [3.05, 3.63) is 54.1 Å². The Balaban J connectivity index is 2.08. The number of anilines is 1. The fraction of sp³-hybridized carbons (Fsp3) is 0.235. The number of alkyl halides is 3. The van der Waals surface area contributed by atoms with Gasteiger partial charge in [0, 0.05) is 5.56 Å². The number of amides is 1. The lowest BCUT2D eigenvalue weighted by Crippen LogP contribution is -2.44. The molecule has 1 aliphatic heterocycles. The van der Waals surface area contributed by atoms with Gasteiger partial charge >= 0.3 is 6.18 Å². The molecular formula is C17H14F3NO2. The second-order valence-corrected chi connectivity index (χ2v) is 5.41. The number of aliphatic hydroxyl groups is 1. The van der Waals surface area contributed by atoms with E-state index in [2.05, 4.69) is 0 Å². The first-order chi connectivity index (χ1) is 10.9. The molecule has 0 radical (unpaired) electrons.